The zero-order valence-electron chi connectivity index (χ0n) is 28.7. The highest BCUT2D eigenvalue weighted by Gasteiger charge is 2.48. The van der Waals surface area contributed by atoms with Gasteiger partial charge < -0.3 is 9.26 Å². The Morgan fingerprint density at radius 2 is 1.70 bits per heavy atom. The van der Waals surface area contributed by atoms with Crippen LogP contribution >= 0.6 is 0 Å². The maximum absolute atomic E-state index is 14.3. The summed E-state index contributed by atoms with van der Waals surface area (Å²) in [5.41, 5.74) is 1.41. The fourth-order valence-electron chi connectivity index (χ4n) is 6.06. The number of unbranched alkanes of at least 4 members (excludes halogenated alkanes) is 1. The Bertz CT molecular complexity index is 1990. The summed E-state index contributed by atoms with van der Waals surface area (Å²) in [5, 5.41) is 3.85. The second-order valence-corrected chi connectivity index (χ2v) is 13.9. The highest BCUT2D eigenvalue weighted by atomic mass is 32.2. The number of sulfonamides is 1. The van der Waals surface area contributed by atoms with Gasteiger partial charge in [-0.15, -0.1) is 0 Å². The van der Waals surface area contributed by atoms with Gasteiger partial charge in [-0.25, -0.2) is 8.42 Å². The van der Waals surface area contributed by atoms with Gasteiger partial charge >= 0.3 is 6.18 Å². The molecular weight excluding hydrogens is 669 g/mol. The molecule has 3 aromatic carbocycles. The third kappa shape index (κ3) is 7.34. The molecule has 13 heteroatoms. The van der Waals surface area contributed by atoms with Crippen LogP contribution in [0.1, 0.15) is 80.0 Å². The predicted octanol–water partition coefficient (Wildman–Crippen LogP) is 8.55. The molecule has 266 valence electrons. The number of halogens is 3. The predicted molar refractivity (Wildman–Crippen MR) is 185 cm³/mol. The number of nitrogens with one attached hydrogen (secondary N) is 1. The molecule has 2 heterocycles. The summed E-state index contributed by atoms with van der Waals surface area (Å²) in [6.07, 6.45) is -2.07. The van der Waals surface area contributed by atoms with Crippen molar-refractivity contribution >= 4 is 27.6 Å². The molecule has 0 saturated carbocycles. The highest BCUT2D eigenvalue weighted by molar-refractivity contribution is 7.92. The number of alkyl halides is 3. The van der Waals surface area contributed by atoms with E-state index in [9.17, 15) is 26.4 Å². The van der Waals surface area contributed by atoms with E-state index in [1.54, 1.807) is 43.9 Å². The first-order chi connectivity index (χ1) is 23.8. The van der Waals surface area contributed by atoms with E-state index < -0.39 is 27.3 Å². The van der Waals surface area contributed by atoms with Crippen molar-refractivity contribution in [2.24, 2.45) is 4.99 Å². The van der Waals surface area contributed by atoms with Crippen LogP contribution in [0.4, 0.5) is 19.0 Å². The number of hydrogen-bond acceptors (Lipinski definition) is 7. The number of anilines is 1. The molecule has 50 heavy (non-hydrogen) atoms. The van der Waals surface area contributed by atoms with Gasteiger partial charge in [-0.3, -0.25) is 19.4 Å². The maximum Gasteiger partial charge on any atom is 0.416 e. The number of aromatic nitrogens is 1. The standard InChI is InChI=1S/C37H41F3N4O5S/c1-6-9-14-33-41-36(7-2,28-16-18-29(19-17-28)37(38,39)40)35(45)44(33)22-26-15-20-30(27(21-26)23-48-8-3)31-12-10-11-13-32(31)50(46,47)43-34-24(4)25(5)49-42-34/h10-13,15-21H,6-9,14,22-23H2,1-5H3,(H,42,43)/t36-/m0/s1. The Hall–Kier alpha value is -4.49. The van der Waals surface area contributed by atoms with Gasteiger partial charge in [0.05, 0.1) is 23.6 Å². The van der Waals surface area contributed by atoms with Gasteiger partial charge in [0, 0.05) is 24.2 Å². The van der Waals surface area contributed by atoms with Crippen molar-refractivity contribution in [3.8, 4) is 11.1 Å². The average Bonchev–Trinajstić information content (AvgIpc) is 3.56. The molecule has 0 radical (unpaired) electrons. The number of amides is 1. The third-order valence-electron chi connectivity index (χ3n) is 9.01. The Balaban J connectivity index is 1.51. The van der Waals surface area contributed by atoms with E-state index in [2.05, 4.69) is 9.88 Å². The second-order valence-electron chi connectivity index (χ2n) is 12.3. The van der Waals surface area contributed by atoms with E-state index in [1.807, 2.05) is 32.0 Å². The van der Waals surface area contributed by atoms with Gasteiger partial charge in [-0.05, 0) is 74.1 Å². The van der Waals surface area contributed by atoms with Crippen LogP contribution in [0.2, 0.25) is 0 Å². The van der Waals surface area contributed by atoms with Crippen molar-refractivity contribution in [1.29, 1.82) is 0 Å². The summed E-state index contributed by atoms with van der Waals surface area (Å²) in [6.45, 7) is 9.87. The Morgan fingerprint density at radius 3 is 2.32 bits per heavy atom. The average molecular weight is 711 g/mol. The van der Waals surface area contributed by atoms with Crippen LogP contribution in [0.15, 0.2) is 81.1 Å². The molecular formula is C37H41F3N4O5S. The summed E-state index contributed by atoms with van der Waals surface area (Å²) < 4.78 is 80.9. The van der Waals surface area contributed by atoms with Gasteiger partial charge in [0.15, 0.2) is 11.4 Å². The van der Waals surface area contributed by atoms with Crippen molar-refractivity contribution in [3.63, 3.8) is 0 Å². The number of rotatable bonds is 14. The molecule has 0 saturated heterocycles. The fraction of sp³-hybridized carbons (Fsp3) is 0.378. The topological polar surface area (TPSA) is 114 Å². The smallest absolute Gasteiger partial charge is 0.377 e. The van der Waals surface area contributed by atoms with Gasteiger partial charge in [-0.1, -0.05) is 74.0 Å². The van der Waals surface area contributed by atoms with E-state index in [0.29, 0.717) is 52.4 Å². The zero-order chi connectivity index (χ0) is 36.3. The number of amidine groups is 1. The van der Waals surface area contributed by atoms with Crippen molar-refractivity contribution < 1.29 is 35.6 Å². The molecule has 1 aliphatic heterocycles. The third-order valence-corrected chi connectivity index (χ3v) is 10.4. The molecule has 1 aliphatic rings. The second kappa shape index (κ2) is 14.8. The molecule has 0 unspecified atom stereocenters. The molecule has 4 aromatic rings. The first-order valence-corrected chi connectivity index (χ1v) is 18.1. The SMILES string of the molecule is CCCCC1=N[C@@](CC)(c2ccc(C(F)(F)F)cc2)C(=O)N1Cc1ccc(-c2ccccc2S(=O)(=O)Nc2noc(C)c2C)c(COCC)c1. The minimum atomic E-state index is -4.50. The summed E-state index contributed by atoms with van der Waals surface area (Å²) in [5.74, 6) is 0.884. The normalized spacial score (nSPS) is 16.6. The first kappa shape index (κ1) is 36.8. The number of nitrogens with zero attached hydrogens (tertiary/aromatic N) is 3. The monoisotopic (exact) mass is 710 g/mol. The lowest BCUT2D eigenvalue weighted by atomic mass is 9.86. The van der Waals surface area contributed by atoms with E-state index >= 15 is 0 Å². The van der Waals surface area contributed by atoms with E-state index in [-0.39, 0.29) is 36.2 Å². The molecule has 0 bridgehead atoms. The van der Waals surface area contributed by atoms with E-state index in [1.165, 1.54) is 18.2 Å². The molecule has 1 aromatic heterocycles. The lowest BCUT2D eigenvalue weighted by Crippen LogP contribution is -2.40. The number of ether oxygens (including phenoxy) is 1. The number of aryl methyl sites for hydroxylation is 1. The lowest BCUT2D eigenvalue weighted by Gasteiger charge is -2.26. The molecule has 1 N–H and O–H groups in total. The number of carbonyl (C=O) groups is 1. The van der Waals surface area contributed by atoms with Crippen LogP contribution in [-0.2, 0) is 44.4 Å². The van der Waals surface area contributed by atoms with Crippen molar-refractivity contribution in [3.05, 3.63) is 100 Å². The van der Waals surface area contributed by atoms with E-state index in [4.69, 9.17) is 14.3 Å². The summed E-state index contributed by atoms with van der Waals surface area (Å²) >= 11 is 0. The molecule has 9 nitrogen and oxygen atoms in total. The van der Waals surface area contributed by atoms with Gasteiger partial charge in [0.2, 0.25) is 0 Å². The van der Waals surface area contributed by atoms with Crippen molar-refractivity contribution in [2.75, 3.05) is 11.3 Å². The Kier molecular flexibility index (Phi) is 10.9. The van der Waals surface area contributed by atoms with E-state index in [0.717, 1.165) is 30.5 Å². The van der Waals surface area contributed by atoms with Crippen LogP contribution < -0.4 is 4.72 Å². The highest BCUT2D eigenvalue weighted by Crippen LogP contribution is 2.40. The van der Waals surface area contributed by atoms with Crippen LogP contribution in [0.3, 0.4) is 0 Å². The zero-order valence-corrected chi connectivity index (χ0v) is 29.5. The minimum Gasteiger partial charge on any atom is -0.377 e. The van der Waals surface area contributed by atoms with Gasteiger partial charge in [-0.2, -0.15) is 13.2 Å². The fourth-order valence-corrected chi connectivity index (χ4v) is 7.34. The van der Waals surface area contributed by atoms with Crippen molar-refractivity contribution in [1.82, 2.24) is 10.1 Å². The number of carbonyl (C=O) groups excluding carboxylic acids is 1. The lowest BCUT2D eigenvalue weighted by molar-refractivity contribution is -0.137. The summed E-state index contributed by atoms with van der Waals surface area (Å²) in [6, 6.07) is 16.8. The largest absolute Gasteiger partial charge is 0.416 e. The van der Waals surface area contributed by atoms with Gasteiger partial charge in [0.1, 0.15) is 11.6 Å². The Morgan fingerprint density at radius 1 is 0.980 bits per heavy atom. The molecule has 1 amide bonds. The number of aliphatic imine (C=N–C) groups is 1. The molecule has 0 fully saturated rings. The maximum atomic E-state index is 14.3. The van der Waals surface area contributed by atoms with Crippen molar-refractivity contribution in [2.45, 2.75) is 90.1 Å². The van der Waals surface area contributed by atoms with Crippen LogP contribution in [0.25, 0.3) is 11.1 Å². The summed E-state index contributed by atoms with van der Waals surface area (Å²) in [4.78, 5) is 20.9. The van der Waals surface area contributed by atoms with Gasteiger partial charge in [0.25, 0.3) is 15.9 Å². The Labute approximate surface area is 290 Å². The first-order valence-electron chi connectivity index (χ1n) is 16.6. The molecule has 1 atom stereocenters. The van der Waals surface area contributed by atoms with Crippen LogP contribution in [-0.4, -0.2) is 36.8 Å². The molecule has 0 aliphatic carbocycles. The number of hydrogen-bond donors (Lipinski definition) is 1. The molecule has 5 rings (SSSR count). The van der Waals surface area contributed by atoms with Crippen LogP contribution in [0, 0.1) is 13.8 Å². The summed E-state index contributed by atoms with van der Waals surface area (Å²) in [7, 11) is -4.09. The minimum absolute atomic E-state index is 0.0403. The quantitative estimate of drug-likeness (QED) is 0.140. The molecule has 0 spiro atoms. The number of benzene rings is 3. The van der Waals surface area contributed by atoms with Crippen LogP contribution in [0.5, 0.6) is 0 Å².